The molecule has 1 amide bonds. The van der Waals surface area contributed by atoms with Crippen molar-refractivity contribution in [2.45, 2.75) is 6.54 Å². The van der Waals surface area contributed by atoms with E-state index in [0.29, 0.717) is 65.3 Å². The lowest BCUT2D eigenvalue weighted by Gasteiger charge is -2.33. The molecule has 3 aromatic rings. The molecule has 0 saturated carbocycles. The number of benzene rings is 1. The van der Waals surface area contributed by atoms with E-state index in [1.807, 2.05) is 17.5 Å². The number of rotatable bonds is 6. The Morgan fingerprint density at radius 3 is 2.63 bits per heavy atom. The molecule has 2 aromatic heterocycles. The standard InChI is InChI=1S/C19H17Cl3N4O3S/c20-12-8-14(22)15(9-13(12)21)28-11-18(27)26-5-3-25(4-6-26)10-17-23-19(24-29-17)16-2-1-7-30-16/h1-2,7-9H,3-6,10-11H2. The van der Waals surface area contributed by atoms with E-state index < -0.39 is 0 Å². The molecule has 1 aromatic carbocycles. The molecule has 0 unspecified atom stereocenters. The van der Waals surface area contributed by atoms with Crippen LogP contribution in [0.5, 0.6) is 5.75 Å². The van der Waals surface area contributed by atoms with Crippen LogP contribution in [0.4, 0.5) is 0 Å². The maximum absolute atomic E-state index is 12.5. The lowest BCUT2D eigenvalue weighted by atomic mass is 10.3. The highest BCUT2D eigenvalue weighted by Gasteiger charge is 2.23. The van der Waals surface area contributed by atoms with Gasteiger partial charge in [-0.05, 0) is 17.5 Å². The van der Waals surface area contributed by atoms with Gasteiger partial charge in [0.05, 0.1) is 26.5 Å². The Morgan fingerprint density at radius 2 is 1.90 bits per heavy atom. The van der Waals surface area contributed by atoms with E-state index in [0.717, 1.165) is 4.88 Å². The molecule has 158 valence electrons. The minimum Gasteiger partial charge on any atom is -0.482 e. The van der Waals surface area contributed by atoms with Gasteiger partial charge >= 0.3 is 0 Å². The van der Waals surface area contributed by atoms with Crippen molar-refractivity contribution in [1.29, 1.82) is 0 Å². The molecule has 0 aliphatic carbocycles. The Kier molecular flexibility index (Phi) is 6.80. The third kappa shape index (κ3) is 5.07. The summed E-state index contributed by atoms with van der Waals surface area (Å²) in [5, 5.41) is 6.96. The topological polar surface area (TPSA) is 71.7 Å². The first kappa shape index (κ1) is 21.4. The van der Waals surface area contributed by atoms with Gasteiger partial charge < -0.3 is 14.2 Å². The van der Waals surface area contributed by atoms with Crippen molar-refractivity contribution in [2.75, 3.05) is 32.8 Å². The van der Waals surface area contributed by atoms with Gasteiger partial charge in [-0.1, -0.05) is 46.0 Å². The van der Waals surface area contributed by atoms with Crippen molar-refractivity contribution in [3.05, 3.63) is 50.6 Å². The molecule has 0 N–H and O–H groups in total. The first-order valence-electron chi connectivity index (χ1n) is 9.13. The van der Waals surface area contributed by atoms with Crippen LogP contribution in [0.2, 0.25) is 15.1 Å². The summed E-state index contributed by atoms with van der Waals surface area (Å²) in [6.45, 7) is 3.01. The summed E-state index contributed by atoms with van der Waals surface area (Å²) < 4.78 is 10.9. The van der Waals surface area contributed by atoms with E-state index in [4.69, 9.17) is 44.1 Å². The van der Waals surface area contributed by atoms with Gasteiger partial charge in [-0.25, -0.2) is 0 Å². The third-order valence-corrected chi connectivity index (χ3v) is 6.50. The molecule has 3 heterocycles. The zero-order chi connectivity index (χ0) is 21.1. The number of nitrogens with zero attached hydrogens (tertiary/aromatic N) is 4. The highest BCUT2D eigenvalue weighted by molar-refractivity contribution is 7.13. The fourth-order valence-electron chi connectivity index (χ4n) is 3.02. The van der Waals surface area contributed by atoms with Crippen LogP contribution in [0.25, 0.3) is 10.7 Å². The van der Waals surface area contributed by atoms with E-state index >= 15 is 0 Å². The van der Waals surface area contributed by atoms with Crippen molar-refractivity contribution >= 4 is 52.0 Å². The first-order valence-corrected chi connectivity index (χ1v) is 11.1. The lowest BCUT2D eigenvalue weighted by molar-refractivity contribution is -0.135. The van der Waals surface area contributed by atoms with Gasteiger partial charge in [0.15, 0.2) is 6.61 Å². The van der Waals surface area contributed by atoms with Crippen LogP contribution < -0.4 is 4.74 Å². The Balaban J connectivity index is 1.25. The normalized spacial score (nSPS) is 14.8. The quantitative estimate of drug-likeness (QED) is 0.477. The fraction of sp³-hybridized carbons (Fsp3) is 0.316. The van der Waals surface area contributed by atoms with E-state index in [1.54, 1.807) is 16.2 Å². The Morgan fingerprint density at radius 1 is 1.13 bits per heavy atom. The van der Waals surface area contributed by atoms with E-state index in [2.05, 4.69) is 15.0 Å². The van der Waals surface area contributed by atoms with E-state index in [1.165, 1.54) is 12.1 Å². The Hall–Kier alpha value is -1.84. The average molecular weight is 488 g/mol. The summed E-state index contributed by atoms with van der Waals surface area (Å²) in [4.78, 5) is 21.8. The molecular formula is C19H17Cl3N4O3S. The van der Waals surface area contributed by atoms with Gasteiger partial charge in [-0.15, -0.1) is 11.3 Å². The van der Waals surface area contributed by atoms with Crippen LogP contribution in [0.1, 0.15) is 5.89 Å². The molecule has 7 nitrogen and oxygen atoms in total. The Labute approximate surface area is 192 Å². The molecule has 0 atom stereocenters. The number of piperazine rings is 1. The van der Waals surface area contributed by atoms with Gasteiger partial charge in [0, 0.05) is 32.2 Å². The first-order chi connectivity index (χ1) is 14.5. The number of hydrogen-bond acceptors (Lipinski definition) is 7. The predicted octanol–water partition coefficient (Wildman–Crippen LogP) is 4.48. The summed E-state index contributed by atoms with van der Waals surface area (Å²) in [6, 6.07) is 6.90. The van der Waals surface area contributed by atoms with E-state index in [-0.39, 0.29) is 12.5 Å². The second-order valence-electron chi connectivity index (χ2n) is 6.63. The fourth-order valence-corrected chi connectivity index (χ4v) is 4.26. The predicted molar refractivity (Wildman–Crippen MR) is 116 cm³/mol. The molecule has 1 aliphatic rings. The summed E-state index contributed by atoms with van der Waals surface area (Å²) in [6.07, 6.45) is 0. The van der Waals surface area contributed by atoms with Gasteiger partial charge in [0.1, 0.15) is 5.75 Å². The summed E-state index contributed by atoms with van der Waals surface area (Å²) in [7, 11) is 0. The highest BCUT2D eigenvalue weighted by atomic mass is 35.5. The monoisotopic (exact) mass is 486 g/mol. The third-order valence-electron chi connectivity index (χ3n) is 4.62. The summed E-state index contributed by atoms with van der Waals surface area (Å²) >= 11 is 19.5. The smallest absolute Gasteiger partial charge is 0.260 e. The molecular weight excluding hydrogens is 471 g/mol. The van der Waals surface area contributed by atoms with Crippen molar-refractivity contribution in [2.24, 2.45) is 0 Å². The number of thiophene rings is 1. The number of ether oxygens (including phenoxy) is 1. The minimum absolute atomic E-state index is 0.116. The van der Waals surface area contributed by atoms with Gasteiger partial charge in [-0.2, -0.15) is 4.98 Å². The molecule has 4 rings (SSSR count). The van der Waals surface area contributed by atoms with Gasteiger partial charge in [0.25, 0.3) is 5.91 Å². The SMILES string of the molecule is O=C(COc1cc(Cl)c(Cl)cc1Cl)N1CCN(Cc2nc(-c3cccs3)no2)CC1. The zero-order valence-corrected chi connectivity index (χ0v) is 18.8. The number of carbonyl (C=O) groups excluding carboxylic acids is 1. The number of amides is 1. The van der Waals surface area contributed by atoms with Crippen LogP contribution >= 0.6 is 46.1 Å². The van der Waals surface area contributed by atoms with Gasteiger partial charge in [0.2, 0.25) is 11.7 Å². The number of aromatic nitrogens is 2. The Bertz CT molecular complexity index is 1020. The number of carbonyl (C=O) groups is 1. The van der Waals surface area contributed by atoms with E-state index in [9.17, 15) is 4.79 Å². The average Bonchev–Trinajstić information content (AvgIpc) is 3.42. The lowest BCUT2D eigenvalue weighted by Crippen LogP contribution is -2.49. The van der Waals surface area contributed by atoms with Crippen LogP contribution in [0.15, 0.2) is 34.2 Å². The van der Waals surface area contributed by atoms with Crippen LogP contribution in [-0.4, -0.2) is 58.6 Å². The summed E-state index contributed by atoms with van der Waals surface area (Å²) in [5.41, 5.74) is 0. The minimum atomic E-state index is -0.120. The zero-order valence-electron chi connectivity index (χ0n) is 15.7. The molecule has 0 spiro atoms. The van der Waals surface area contributed by atoms with Gasteiger partial charge in [-0.3, -0.25) is 9.69 Å². The molecule has 0 radical (unpaired) electrons. The molecule has 30 heavy (non-hydrogen) atoms. The highest BCUT2D eigenvalue weighted by Crippen LogP contribution is 2.33. The largest absolute Gasteiger partial charge is 0.482 e. The van der Waals surface area contributed by atoms with Crippen molar-refractivity contribution in [3.8, 4) is 16.5 Å². The number of halogens is 3. The molecule has 0 bridgehead atoms. The van der Waals surface area contributed by atoms with Crippen LogP contribution in [0, 0.1) is 0 Å². The molecule has 1 aliphatic heterocycles. The molecule has 1 saturated heterocycles. The van der Waals surface area contributed by atoms with Crippen LogP contribution in [-0.2, 0) is 11.3 Å². The van der Waals surface area contributed by atoms with Crippen molar-refractivity contribution in [1.82, 2.24) is 19.9 Å². The van der Waals surface area contributed by atoms with Crippen molar-refractivity contribution < 1.29 is 14.1 Å². The number of hydrogen-bond donors (Lipinski definition) is 0. The maximum Gasteiger partial charge on any atom is 0.260 e. The summed E-state index contributed by atoms with van der Waals surface area (Å²) in [5.74, 6) is 1.38. The van der Waals surface area contributed by atoms with Crippen LogP contribution in [0.3, 0.4) is 0 Å². The van der Waals surface area contributed by atoms with Crippen molar-refractivity contribution in [3.63, 3.8) is 0 Å². The second kappa shape index (κ2) is 9.53. The second-order valence-corrected chi connectivity index (χ2v) is 8.80. The maximum atomic E-state index is 12.5. The molecule has 1 fully saturated rings. The molecule has 11 heteroatoms.